The number of nitrogens with one attached hydrogen (secondary N) is 1. The number of aryl methyl sites for hydroxylation is 1. The van der Waals surface area contributed by atoms with E-state index in [1.54, 1.807) is 6.07 Å². The summed E-state index contributed by atoms with van der Waals surface area (Å²) in [5.74, 6) is 0.911. The van der Waals surface area contributed by atoms with E-state index in [4.69, 9.17) is 16.3 Å². The third-order valence-electron chi connectivity index (χ3n) is 5.20. The zero-order valence-corrected chi connectivity index (χ0v) is 17.5. The van der Waals surface area contributed by atoms with E-state index in [9.17, 15) is 4.79 Å². The van der Waals surface area contributed by atoms with Crippen LogP contribution in [0.4, 0.5) is 11.4 Å². The first-order valence-electron chi connectivity index (χ1n) is 9.77. The Kier molecular flexibility index (Phi) is 6.81. The number of rotatable bonds is 6. The lowest BCUT2D eigenvalue weighted by molar-refractivity contribution is -0.120. The summed E-state index contributed by atoms with van der Waals surface area (Å²) < 4.78 is 5.76. The molecule has 0 aromatic heterocycles. The largest absolute Gasteiger partial charge is 0.492 e. The third kappa shape index (κ3) is 4.78. The van der Waals surface area contributed by atoms with Crippen LogP contribution in [0.25, 0.3) is 0 Å². The molecule has 3 rings (SSSR count). The lowest BCUT2D eigenvalue weighted by Gasteiger charge is -2.39. The molecule has 1 atom stereocenters. The highest BCUT2D eigenvalue weighted by atomic mass is 35.5. The van der Waals surface area contributed by atoms with Gasteiger partial charge in [-0.3, -0.25) is 9.69 Å². The van der Waals surface area contributed by atoms with Crippen molar-refractivity contribution in [3.8, 4) is 5.75 Å². The first kappa shape index (κ1) is 20.5. The number of para-hydroxylation sites is 2. The molecule has 1 aliphatic rings. The van der Waals surface area contributed by atoms with E-state index >= 15 is 0 Å². The van der Waals surface area contributed by atoms with E-state index in [1.807, 2.05) is 51.1 Å². The van der Waals surface area contributed by atoms with Crippen molar-refractivity contribution in [2.45, 2.75) is 26.8 Å². The summed E-state index contributed by atoms with van der Waals surface area (Å²) in [6.07, 6.45) is 0. The van der Waals surface area contributed by atoms with Crippen LogP contribution in [0.5, 0.6) is 5.75 Å². The summed E-state index contributed by atoms with van der Waals surface area (Å²) in [5.41, 5.74) is 2.89. The van der Waals surface area contributed by atoms with Crippen molar-refractivity contribution in [1.29, 1.82) is 0 Å². The number of hydrogen-bond acceptors (Lipinski definition) is 4. The van der Waals surface area contributed by atoms with Gasteiger partial charge < -0.3 is 15.0 Å². The first-order chi connectivity index (χ1) is 13.5. The average molecular weight is 402 g/mol. The van der Waals surface area contributed by atoms with E-state index in [1.165, 1.54) is 0 Å². The number of carbonyl (C=O) groups is 1. The zero-order chi connectivity index (χ0) is 20.1. The quantitative estimate of drug-likeness (QED) is 0.788. The smallest absolute Gasteiger partial charge is 0.241 e. The van der Waals surface area contributed by atoms with Crippen LogP contribution in [0.3, 0.4) is 0 Å². The molecule has 1 heterocycles. The van der Waals surface area contributed by atoms with Crippen molar-refractivity contribution < 1.29 is 9.53 Å². The molecule has 0 radical (unpaired) electrons. The van der Waals surface area contributed by atoms with Crippen LogP contribution < -0.4 is 15.0 Å². The molecular weight excluding hydrogens is 374 g/mol. The fourth-order valence-electron chi connectivity index (χ4n) is 3.48. The molecule has 0 saturated carbocycles. The van der Waals surface area contributed by atoms with Crippen molar-refractivity contribution in [2.75, 3.05) is 43.0 Å². The predicted molar refractivity (Wildman–Crippen MR) is 116 cm³/mol. The van der Waals surface area contributed by atoms with Gasteiger partial charge in [0.2, 0.25) is 5.91 Å². The van der Waals surface area contributed by atoms with Crippen LogP contribution >= 0.6 is 11.6 Å². The van der Waals surface area contributed by atoms with Gasteiger partial charge in [-0.05, 0) is 50.6 Å². The molecule has 2 aromatic carbocycles. The van der Waals surface area contributed by atoms with Crippen molar-refractivity contribution in [3.05, 3.63) is 53.1 Å². The summed E-state index contributed by atoms with van der Waals surface area (Å²) in [6.45, 7) is 9.93. The minimum Gasteiger partial charge on any atom is -0.492 e. The molecule has 0 spiro atoms. The van der Waals surface area contributed by atoms with Crippen LogP contribution in [0.2, 0.25) is 5.02 Å². The Morgan fingerprint density at radius 2 is 1.89 bits per heavy atom. The zero-order valence-electron chi connectivity index (χ0n) is 16.7. The topological polar surface area (TPSA) is 44.8 Å². The molecule has 150 valence electrons. The van der Waals surface area contributed by atoms with Gasteiger partial charge in [0.25, 0.3) is 0 Å². The summed E-state index contributed by atoms with van der Waals surface area (Å²) in [5, 5.41) is 3.64. The molecule has 0 unspecified atom stereocenters. The standard InChI is InChI=1S/C22H28ClN3O2/c1-4-28-21-8-6-5-7-20(21)26-13-11-25(12-14-26)17(3)22(27)24-19-15-18(23)10-9-16(19)2/h5-10,15,17H,4,11-14H2,1-3H3,(H,24,27)/t17-/m0/s1. The average Bonchev–Trinajstić information content (AvgIpc) is 2.71. The molecule has 1 N–H and O–H groups in total. The number of piperazine rings is 1. The summed E-state index contributed by atoms with van der Waals surface area (Å²) in [6, 6.07) is 13.5. The molecule has 1 fully saturated rings. The van der Waals surface area contributed by atoms with Crippen molar-refractivity contribution in [1.82, 2.24) is 4.90 Å². The van der Waals surface area contributed by atoms with Gasteiger partial charge in [0.05, 0.1) is 18.3 Å². The number of amides is 1. The molecule has 28 heavy (non-hydrogen) atoms. The van der Waals surface area contributed by atoms with Crippen LogP contribution in [-0.2, 0) is 4.79 Å². The summed E-state index contributed by atoms with van der Waals surface area (Å²) in [4.78, 5) is 17.3. The number of anilines is 2. The highest BCUT2D eigenvalue weighted by molar-refractivity contribution is 6.31. The SMILES string of the molecule is CCOc1ccccc1N1CCN([C@@H](C)C(=O)Nc2cc(Cl)ccc2C)CC1. The molecule has 5 nitrogen and oxygen atoms in total. The lowest BCUT2D eigenvalue weighted by atomic mass is 10.1. The molecule has 6 heteroatoms. The highest BCUT2D eigenvalue weighted by Gasteiger charge is 2.27. The Balaban J connectivity index is 1.60. The van der Waals surface area contributed by atoms with E-state index in [0.29, 0.717) is 11.6 Å². The number of ether oxygens (including phenoxy) is 1. The Hall–Kier alpha value is -2.24. The summed E-state index contributed by atoms with van der Waals surface area (Å²) in [7, 11) is 0. The molecule has 2 aromatic rings. The Labute approximate surface area is 172 Å². The highest BCUT2D eigenvalue weighted by Crippen LogP contribution is 2.29. The summed E-state index contributed by atoms with van der Waals surface area (Å²) >= 11 is 6.06. The maximum Gasteiger partial charge on any atom is 0.241 e. The maximum atomic E-state index is 12.7. The minimum absolute atomic E-state index is 0.00599. The predicted octanol–water partition coefficient (Wildman–Crippen LogP) is 4.20. The molecule has 1 saturated heterocycles. The van der Waals surface area contributed by atoms with Gasteiger partial charge in [-0.2, -0.15) is 0 Å². The van der Waals surface area contributed by atoms with Gasteiger partial charge in [0, 0.05) is 36.9 Å². The van der Waals surface area contributed by atoms with Crippen LogP contribution in [0.15, 0.2) is 42.5 Å². The number of nitrogens with zero attached hydrogens (tertiary/aromatic N) is 2. The lowest BCUT2D eigenvalue weighted by Crippen LogP contribution is -2.53. The molecule has 1 amide bonds. The van der Waals surface area contributed by atoms with Gasteiger partial charge in [0.15, 0.2) is 0 Å². The van der Waals surface area contributed by atoms with Crippen molar-refractivity contribution >= 4 is 28.9 Å². The normalized spacial score (nSPS) is 15.9. The van der Waals surface area contributed by atoms with Gasteiger partial charge in [-0.15, -0.1) is 0 Å². The van der Waals surface area contributed by atoms with Gasteiger partial charge in [-0.25, -0.2) is 0 Å². The number of hydrogen-bond donors (Lipinski definition) is 1. The van der Waals surface area contributed by atoms with Gasteiger partial charge in [-0.1, -0.05) is 29.8 Å². The van der Waals surface area contributed by atoms with E-state index in [0.717, 1.165) is 48.9 Å². The van der Waals surface area contributed by atoms with Crippen LogP contribution in [0, 0.1) is 6.92 Å². The second-order valence-corrected chi connectivity index (χ2v) is 7.48. The Bertz CT molecular complexity index is 819. The number of carbonyl (C=O) groups excluding carboxylic acids is 1. The Morgan fingerprint density at radius 1 is 1.18 bits per heavy atom. The van der Waals surface area contributed by atoms with Crippen LogP contribution in [-0.4, -0.2) is 49.6 Å². The Morgan fingerprint density at radius 3 is 2.61 bits per heavy atom. The van der Waals surface area contributed by atoms with Gasteiger partial charge >= 0.3 is 0 Å². The molecular formula is C22H28ClN3O2. The monoisotopic (exact) mass is 401 g/mol. The third-order valence-corrected chi connectivity index (χ3v) is 5.44. The van der Waals surface area contributed by atoms with Crippen molar-refractivity contribution in [2.24, 2.45) is 0 Å². The number of benzene rings is 2. The number of halogens is 1. The maximum absolute atomic E-state index is 12.7. The van der Waals surface area contributed by atoms with E-state index in [2.05, 4.69) is 21.2 Å². The first-order valence-corrected chi connectivity index (χ1v) is 10.1. The van der Waals surface area contributed by atoms with Crippen LogP contribution in [0.1, 0.15) is 19.4 Å². The molecule has 0 bridgehead atoms. The second-order valence-electron chi connectivity index (χ2n) is 7.05. The van der Waals surface area contributed by atoms with E-state index < -0.39 is 0 Å². The molecule has 0 aliphatic carbocycles. The molecule has 1 aliphatic heterocycles. The minimum atomic E-state index is -0.206. The fraction of sp³-hybridized carbons (Fsp3) is 0.409. The fourth-order valence-corrected chi connectivity index (χ4v) is 3.65. The van der Waals surface area contributed by atoms with E-state index in [-0.39, 0.29) is 11.9 Å². The second kappa shape index (κ2) is 9.30. The van der Waals surface area contributed by atoms with Crippen molar-refractivity contribution in [3.63, 3.8) is 0 Å². The van der Waals surface area contributed by atoms with Gasteiger partial charge in [0.1, 0.15) is 5.75 Å².